The molecular weight excluding hydrogens is 158 g/mol. The normalized spacial score (nSPS) is 33.5. The Hall–Kier alpha value is -0.0400. The van der Waals surface area contributed by atoms with Gasteiger partial charge in [-0.3, -0.25) is 0 Å². The molecule has 0 aromatic rings. The van der Waals surface area contributed by atoms with Gasteiger partial charge < -0.3 is 5.32 Å². The molecule has 2 fully saturated rings. The lowest BCUT2D eigenvalue weighted by atomic mass is 9.70. The third-order valence-corrected chi connectivity index (χ3v) is 3.60. The van der Waals surface area contributed by atoms with Crippen LogP contribution in [-0.2, 0) is 0 Å². The van der Waals surface area contributed by atoms with Crippen molar-refractivity contribution in [1.29, 1.82) is 0 Å². The van der Waals surface area contributed by atoms with Crippen molar-refractivity contribution in [3.63, 3.8) is 0 Å². The molecule has 76 valence electrons. The summed E-state index contributed by atoms with van der Waals surface area (Å²) in [7, 11) is 0. The third-order valence-electron chi connectivity index (χ3n) is 3.60. The van der Waals surface area contributed by atoms with E-state index >= 15 is 0 Å². The quantitative estimate of drug-likeness (QED) is 0.687. The van der Waals surface area contributed by atoms with Crippen LogP contribution in [0.25, 0.3) is 0 Å². The number of nitrogens with one attached hydrogen (secondary N) is 1. The van der Waals surface area contributed by atoms with E-state index in [4.69, 9.17) is 0 Å². The molecule has 0 aromatic carbocycles. The maximum atomic E-state index is 3.66. The largest absolute Gasteiger partial charge is 0.314 e. The molecule has 0 heterocycles. The van der Waals surface area contributed by atoms with Crippen LogP contribution in [0.3, 0.4) is 0 Å². The Morgan fingerprint density at radius 3 is 2.23 bits per heavy atom. The average Bonchev–Trinajstić information content (AvgIpc) is 2.82. The molecule has 0 amide bonds. The van der Waals surface area contributed by atoms with E-state index in [1.54, 1.807) is 0 Å². The standard InChI is InChI=1S/C12H23N/c1-9(2)7-10-3-4-11(10)8-13-12-5-6-12/h9-13H,3-8H2,1-2H3. The van der Waals surface area contributed by atoms with E-state index < -0.39 is 0 Å². The summed E-state index contributed by atoms with van der Waals surface area (Å²) in [5, 5.41) is 3.66. The van der Waals surface area contributed by atoms with Crippen LogP contribution >= 0.6 is 0 Å². The van der Waals surface area contributed by atoms with Gasteiger partial charge in [0.15, 0.2) is 0 Å². The Morgan fingerprint density at radius 1 is 1.08 bits per heavy atom. The molecule has 1 nitrogen and oxygen atoms in total. The molecule has 2 aliphatic rings. The van der Waals surface area contributed by atoms with Crippen molar-refractivity contribution in [3.05, 3.63) is 0 Å². The summed E-state index contributed by atoms with van der Waals surface area (Å²) in [5.41, 5.74) is 0. The van der Waals surface area contributed by atoms with Gasteiger partial charge in [-0.2, -0.15) is 0 Å². The molecule has 2 unspecified atom stereocenters. The molecule has 2 saturated carbocycles. The number of rotatable bonds is 5. The van der Waals surface area contributed by atoms with Gasteiger partial charge in [0.2, 0.25) is 0 Å². The van der Waals surface area contributed by atoms with Gasteiger partial charge in [0, 0.05) is 6.04 Å². The molecule has 0 aromatic heterocycles. The van der Waals surface area contributed by atoms with Crippen molar-refractivity contribution in [3.8, 4) is 0 Å². The van der Waals surface area contributed by atoms with Crippen molar-refractivity contribution in [2.75, 3.05) is 6.54 Å². The van der Waals surface area contributed by atoms with Crippen LogP contribution in [0.5, 0.6) is 0 Å². The first-order valence-corrected chi connectivity index (χ1v) is 5.99. The highest BCUT2D eigenvalue weighted by atomic mass is 14.9. The molecule has 0 radical (unpaired) electrons. The zero-order valence-corrected chi connectivity index (χ0v) is 9.05. The second-order valence-corrected chi connectivity index (χ2v) is 5.41. The lowest BCUT2D eigenvalue weighted by Crippen LogP contribution is -2.36. The van der Waals surface area contributed by atoms with Crippen LogP contribution in [0, 0.1) is 17.8 Å². The molecule has 1 heteroatoms. The first kappa shape index (κ1) is 9.51. The summed E-state index contributed by atoms with van der Waals surface area (Å²) in [4.78, 5) is 0. The summed E-state index contributed by atoms with van der Waals surface area (Å²) in [6.45, 7) is 6.01. The van der Waals surface area contributed by atoms with Crippen molar-refractivity contribution in [2.45, 2.75) is 52.0 Å². The van der Waals surface area contributed by atoms with E-state index in [-0.39, 0.29) is 0 Å². The zero-order valence-electron chi connectivity index (χ0n) is 9.05. The molecule has 0 aliphatic heterocycles. The molecule has 13 heavy (non-hydrogen) atoms. The first-order valence-electron chi connectivity index (χ1n) is 5.99. The highest BCUT2D eigenvalue weighted by Gasteiger charge is 2.32. The predicted octanol–water partition coefficient (Wildman–Crippen LogP) is 2.81. The minimum atomic E-state index is 0.897. The lowest BCUT2D eigenvalue weighted by molar-refractivity contribution is 0.143. The van der Waals surface area contributed by atoms with Gasteiger partial charge in [0.1, 0.15) is 0 Å². The monoisotopic (exact) mass is 181 g/mol. The van der Waals surface area contributed by atoms with Crippen molar-refractivity contribution in [1.82, 2.24) is 5.32 Å². The van der Waals surface area contributed by atoms with E-state index in [0.717, 1.165) is 23.8 Å². The van der Waals surface area contributed by atoms with Crippen molar-refractivity contribution >= 4 is 0 Å². The Labute approximate surface area is 82.3 Å². The van der Waals surface area contributed by atoms with E-state index in [0.29, 0.717) is 0 Å². The minimum absolute atomic E-state index is 0.897. The van der Waals surface area contributed by atoms with Crippen LogP contribution in [0.15, 0.2) is 0 Å². The summed E-state index contributed by atoms with van der Waals surface area (Å²) in [5.74, 6) is 2.96. The molecule has 0 saturated heterocycles. The fourth-order valence-corrected chi connectivity index (χ4v) is 2.43. The fourth-order valence-electron chi connectivity index (χ4n) is 2.43. The smallest absolute Gasteiger partial charge is 0.00683 e. The molecular formula is C12H23N. The summed E-state index contributed by atoms with van der Waals surface area (Å²) in [6, 6.07) is 0.903. The topological polar surface area (TPSA) is 12.0 Å². The zero-order chi connectivity index (χ0) is 9.26. The van der Waals surface area contributed by atoms with Gasteiger partial charge in [-0.25, -0.2) is 0 Å². The molecule has 2 aliphatic carbocycles. The summed E-state index contributed by atoms with van der Waals surface area (Å²) >= 11 is 0. The van der Waals surface area contributed by atoms with Gasteiger partial charge in [-0.1, -0.05) is 13.8 Å². The Kier molecular flexibility index (Phi) is 2.92. The fraction of sp³-hybridized carbons (Fsp3) is 1.00. The van der Waals surface area contributed by atoms with Gasteiger partial charge in [-0.15, -0.1) is 0 Å². The molecule has 2 atom stereocenters. The molecule has 1 N–H and O–H groups in total. The van der Waals surface area contributed by atoms with Gasteiger partial charge in [-0.05, 0) is 56.4 Å². The number of hydrogen-bond acceptors (Lipinski definition) is 1. The Morgan fingerprint density at radius 2 is 1.77 bits per heavy atom. The first-order chi connectivity index (χ1) is 6.25. The third kappa shape index (κ3) is 2.70. The van der Waals surface area contributed by atoms with E-state index in [9.17, 15) is 0 Å². The van der Waals surface area contributed by atoms with Crippen LogP contribution in [-0.4, -0.2) is 12.6 Å². The van der Waals surface area contributed by atoms with E-state index in [1.807, 2.05) is 0 Å². The molecule has 2 rings (SSSR count). The molecule has 0 spiro atoms. The predicted molar refractivity (Wildman–Crippen MR) is 56.7 cm³/mol. The van der Waals surface area contributed by atoms with Crippen LogP contribution < -0.4 is 5.32 Å². The second kappa shape index (κ2) is 4.00. The number of hydrogen-bond donors (Lipinski definition) is 1. The van der Waals surface area contributed by atoms with Crippen LogP contribution in [0.2, 0.25) is 0 Å². The summed E-state index contributed by atoms with van der Waals surface area (Å²) in [6.07, 6.45) is 7.30. The highest BCUT2D eigenvalue weighted by molar-refractivity contribution is 4.87. The maximum Gasteiger partial charge on any atom is 0.00683 e. The van der Waals surface area contributed by atoms with E-state index in [2.05, 4.69) is 19.2 Å². The molecule has 0 bridgehead atoms. The Balaban J connectivity index is 1.62. The minimum Gasteiger partial charge on any atom is -0.314 e. The second-order valence-electron chi connectivity index (χ2n) is 5.41. The van der Waals surface area contributed by atoms with Crippen LogP contribution in [0.1, 0.15) is 46.0 Å². The Bertz CT molecular complexity index is 161. The van der Waals surface area contributed by atoms with Gasteiger partial charge in [0.05, 0.1) is 0 Å². The van der Waals surface area contributed by atoms with Crippen molar-refractivity contribution < 1.29 is 0 Å². The summed E-state index contributed by atoms with van der Waals surface area (Å²) < 4.78 is 0. The highest BCUT2D eigenvalue weighted by Crippen LogP contribution is 2.38. The van der Waals surface area contributed by atoms with Crippen molar-refractivity contribution in [2.24, 2.45) is 17.8 Å². The van der Waals surface area contributed by atoms with Gasteiger partial charge >= 0.3 is 0 Å². The van der Waals surface area contributed by atoms with Crippen LogP contribution in [0.4, 0.5) is 0 Å². The lowest BCUT2D eigenvalue weighted by Gasteiger charge is -2.38. The SMILES string of the molecule is CC(C)CC1CCC1CNC1CC1. The maximum absolute atomic E-state index is 3.66. The van der Waals surface area contributed by atoms with E-state index in [1.165, 1.54) is 38.6 Å². The average molecular weight is 181 g/mol. The van der Waals surface area contributed by atoms with Gasteiger partial charge in [0.25, 0.3) is 0 Å².